The summed E-state index contributed by atoms with van der Waals surface area (Å²) in [5.74, 6) is -0.858. The highest BCUT2D eigenvalue weighted by molar-refractivity contribution is 9.10. The van der Waals surface area contributed by atoms with Crippen LogP contribution in [0.4, 0.5) is 5.69 Å². The van der Waals surface area contributed by atoms with Gasteiger partial charge in [-0.1, -0.05) is 11.6 Å². The molecule has 4 nitrogen and oxygen atoms in total. The summed E-state index contributed by atoms with van der Waals surface area (Å²) in [4.78, 5) is 0. The van der Waals surface area contributed by atoms with E-state index in [1.807, 2.05) is 13.0 Å². The Kier molecular flexibility index (Phi) is 4.96. The van der Waals surface area contributed by atoms with Crippen LogP contribution in [0.3, 0.4) is 0 Å². The Morgan fingerprint density at radius 1 is 1.47 bits per heavy atom. The average Bonchev–Trinajstić information content (AvgIpc) is 2.33. The molecule has 0 amide bonds. The largest absolute Gasteiger partial charge is 0.198 e. The van der Waals surface area contributed by atoms with E-state index < -0.39 is 5.92 Å². The number of nitriles is 2. The van der Waals surface area contributed by atoms with E-state index in [2.05, 4.69) is 21.2 Å². The van der Waals surface area contributed by atoms with Crippen LogP contribution in [0.25, 0.3) is 0 Å². The second-order valence-electron chi connectivity index (χ2n) is 3.19. The van der Waals surface area contributed by atoms with Crippen molar-refractivity contribution >= 4 is 39.7 Å². The fourth-order valence-corrected chi connectivity index (χ4v) is 1.47. The summed E-state index contributed by atoms with van der Waals surface area (Å²) in [5.41, 5.74) is 1.68. The van der Waals surface area contributed by atoms with Gasteiger partial charge in [-0.15, -0.1) is 0 Å². The van der Waals surface area contributed by atoms with Crippen LogP contribution in [0.5, 0.6) is 0 Å². The predicted molar refractivity (Wildman–Crippen MR) is 70.8 cm³/mol. The van der Waals surface area contributed by atoms with E-state index in [1.165, 1.54) is 10.2 Å². The first-order valence-corrected chi connectivity index (χ1v) is 5.72. The number of aryl methyl sites for hydroxylation is 1. The van der Waals surface area contributed by atoms with E-state index in [0.717, 1.165) is 11.3 Å². The van der Waals surface area contributed by atoms with E-state index in [4.69, 9.17) is 22.1 Å². The molecule has 0 fully saturated rings. The lowest BCUT2D eigenvalue weighted by Crippen LogP contribution is -2.04. The highest BCUT2D eigenvalue weighted by atomic mass is 79.9. The summed E-state index contributed by atoms with van der Waals surface area (Å²) in [6.07, 6.45) is 1.26. The van der Waals surface area contributed by atoms with Crippen LogP contribution in [0.15, 0.2) is 23.3 Å². The normalized spacial score (nSPS) is 10.2. The number of anilines is 1. The van der Waals surface area contributed by atoms with Gasteiger partial charge in [-0.2, -0.15) is 19.7 Å². The lowest BCUT2D eigenvalue weighted by atomic mass is 10.2. The highest BCUT2D eigenvalue weighted by Crippen LogP contribution is 2.24. The molecule has 6 heteroatoms. The standard InChI is InChI=1S/C11H8BrClN4/c1-8-4-10(2-3-11(8)13)17(12)16-7-9(5-14)6-15/h2-4,7,9H,1H3. The minimum atomic E-state index is -0.858. The molecule has 1 rings (SSSR count). The Morgan fingerprint density at radius 2 is 2.12 bits per heavy atom. The van der Waals surface area contributed by atoms with Gasteiger partial charge < -0.3 is 0 Å². The fraction of sp³-hybridized carbons (Fsp3) is 0.182. The van der Waals surface area contributed by atoms with E-state index in [1.54, 1.807) is 24.3 Å². The van der Waals surface area contributed by atoms with Crippen molar-refractivity contribution in [3.8, 4) is 12.1 Å². The van der Waals surface area contributed by atoms with Gasteiger partial charge in [-0.3, -0.25) is 0 Å². The predicted octanol–water partition coefficient (Wildman–Crippen LogP) is 3.41. The van der Waals surface area contributed by atoms with Crippen LogP contribution in [0.1, 0.15) is 5.56 Å². The highest BCUT2D eigenvalue weighted by Gasteiger charge is 2.05. The van der Waals surface area contributed by atoms with Crippen molar-refractivity contribution in [3.05, 3.63) is 28.8 Å². The molecule has 1 aromatic carbocycles. The summed E-state index contributed by atoms with van der Waals surface area (Å²) >= 11 is 9.10. The molecule has 17 heavy (non-hydrogen) atoms. The zero-order chi connectivity index (χ0) is 12.8. The second-order valence-corrected chi connectivity index (χ2v) is 4.27. The van der Waals surface area contributed by atoms with Crippen LogP contribution in [-0.4, -0.2) is 6.21 Å². The number of benzene rings is 1. The Labute approximate surface area is 113 Å². The van der Waals surface area contributed by atoms with Gasteiger partial charge in [0.15, 0.2) is 5.92 Å². The van der Waals surface area contributed by atoms with Gasteiger partial charge in [0.05, 0.1) is 40.2 Å². The van der Waals surface area contributed by atoms with Crippen molar-refractivity contribution in [2.24, 2.45) is 11.0 Å². The first kappa shape index (κ1) is 13.5. The zero-order valence-corrected chi connectivity index (χ0v) is 11.3. The molecule has 0 heterocycles. The van der Waals surface area contributed by atoms with Crippen LogP contribution in [0.2, 0.25) is 5.02 Å². The molecule has 0 aliphatic rings. The number of nitrogens with zero attached hydrogens (tertiary/aromatic N) is 4. The van der Waals surface area contributed by atoms with Crippen LogP contribution in [0, 0.1) is 35.5 Å². The van der Waals surface area contributed by atoms with Crippen molar-refractivity contribution in [1.82, 2.24) is 0 Å². The molecule has 0 saturated heterocycles. The summed E-state index contributed by atoms with van der Waals surface area (Å²) in [6.45, 7) is 1.88. The Balaban J connectivity index is 2.84. The summed E-state index contributed by atoms with van der Waals surface area (Å²) in [6, 6.07) is 8.96. The molecule has 0 aliphatic carbocycles. The molecule has 0 aliphatic heterocycles. The smallest absolute Gasteiger partial charge is 0.169 e. The molecule has 0 atom stereocenters. The van der Waals surface area contributed by atoms with Gasteiger partial charge in [0.25, 0.3) is 0 Å². The molecule has 0 unspecified atom stereocenters. The third kappa shape index (κ3) is 3.74. The molecule has 1 aromatic rings. The molecule has 0 radical (unpaired) electrons. The molecule has 86 valence electrons. The Hall–Kier alpha value is -1.56. The molecule has 0 aromatic heterocycles. The monoisotopic (exact) mass is 310 g/mol. The minimum absolute atomic E-state index is 0.672. The average molecular weight is 312 g/mol. The maximum Gasteiger partial charge on any atom is 0.169 e. The van der Waals surface area contributed by atoms with Crippen LogP contribution >= 0.6 is 27.7 Å². The van der Waals surface area contributed by atoms with Gasteiger partial charge in [-0.05, 0) is 30.7 Å². The van der Waals surface area contributed by atoms with E-state index in [9.17, 15) is 0 Å². The Morgan fingerprint density at radius 3 is 2.65 bits per heavy atom. The lowest BCUT2D eigenvalue weighted by molar-refractivity contribution is 1.13. The van der Waals surface area contributed by atoms with Crippen LogP contribution in [-0.2, 0) is 0 Å². The van der Waals surface area contributed by atoms with Crippen molar-refractivity contribution < 1.29 is 0 Å². The van der Waals surface area contributed by atoms with Crippen molar-refractivity contribution in [3.63, 3.8) is 0 Å². The number of rotatable bonds is 3. The maximum absolute atomic E-state index is 8.57. The molecule has 0 saturated carbocycles. The van der Waals surface area contributed by atoms with E-state index in [0.29, 0.717) is 5.02 Å². The topological polar surface area (TPSA) is 63.2 Å². The number of hydrogen-bond donors (Lipinski definition) is 0. The van der Waals surface area contributed by atoms with Gasteiger partial charge in [0, 0.05) is 5.02 Å². The zero-order valence-electron chi connectivity index (χ0n) is 8.93. The van der Waals surface area contributed by atoms with Gasteiger partial charge in [-0.25, -0.2) is 0 Å². The third-order valence-corrected chi connectivity index (χ3v) is 2.97. The molecule has 0 bridgehead atoms. The number of hydrogen-bond acceptors (Lipinski definition) is 4. The SMILES string of the molecule is Cc1cc(N(Br)N=CC(C#N)C#N)ccc1Cl. The van der Waals surface area contributed by atoms with Gasteiger partial charge in [0.1, 0.15) is 0 Å². The third-order valence-electron chi connectivity index (χ3n) is 1.95. The van der Waals surface area contributed by atoms with Crippen molar-refractivity contribution in [1.29, 1.82) is 10.5 Å². The fourth-order valence-electron chi connectivity index (χ4n) is 1.03. The number of halogens is 2. The first-order chi connectivity index (χ1) is 8.08. The van der Waals surface area contributed by atoms with Crippen molar-refractivity contribution in [2.45, 2.75) is 6.92 Å². The first-order valence-electron chi connectivity index (χ1n) is 4.64. The van der Waals surface area contributed by atoms with Gasteiger partial charge in [0.2, 0.25) is 0 Å². The maximum atomic E-state index is 8.57. The summed E-state index contributed by atoms with van der Waals surface area (Å²) < 4.78 is 1.40. The van der Waals surface area contributed by atoms with Gasteiger partial charge >= 0.3 is 0 Å². The summed E-state index contributed by atoms with van der Waals surface area (Å²) in [7, 11) is 0. The second kappa shape index (κ2) is 6.24. The summed E-state index contributed by atoms with van der Waals surface area (Å²) in [5, 5.41) is 21.8. The number of hydrazone groups is 1. The van der Waals surface area contributed by atoms with Crippen LogP contribution < -0.4 is 4.03 Å². The van der Waals surface area contributed by atoms with E-state index in [-0.39, 0.29) is 0 Å². The lowest BCUT2D eigenvalue weighted by Gasteiger charge is -2.11. The molecule has 0 spiro atoms. The minimum Gasteiger partial charge on any atom is -0.198 e. The van der Waals surface area contributed by atoms with Crippen molar-refractivity contribution in [2.75, 3.05) is 4.03 Å². The molecular formula is C11H8BrClN4. The molecule has 0 N–H and O–H groups in total. The quantitative estimate of drug-likeness (QED) is 0.488. The van der Waals surface area contributed by atoms with E-state index >= 15 is 0 Å². The molecular weight excluding hydrogens is 304 g/mol. The Bertz CT molecular complexity index is 501.